The molecule has 0 aliphatic heterocycles. The number of carboxylic acids is 1. The topological polar surface area (TPSA) is 37.3 Å². The molecular formula is C7H7ClO2. The number of halogens is 1. The standard InChI is InChI=1S/C7H7ClO2/c8-6-3-1-2-5(4-6)7(9)10/h1-2,4,6H,3H2,(H,9,10). The van der Waals surface area contributed by atoms with Crippen LogP contribution in [0.2, 0.25) is 0 Å². The van der Waals surface area contributed by atoms with Gasteiger partial charge in [-0.25, -0.2) is 4.79 Å². The van der Waals surface area contributed by atoms with Crippen LogP contribution < -0.4 is 0 Å². The van der Waals surface area contributed by atoms with Gasteiger partial charge in [-0.2, -0.15) is 0 Å². The molecule has 0 aromatic rings. The van der Waals surface area contributed by atoms with E-state index in [1.807, 2.05) is 0 Å². The molecule has 1 N–H and O–H groups in total. The van der Waals surface area contributed by atoms with Gasteiger partial charge in [0.25, 0.3) is 0 Å². The number of aliphatic carboxylic acids is 1. The van der Waals surface area contributed by atoms with Gasteiger partial charge in [0.05, 0.1) is 11.0 Å². The van der Waals surface area contributed by atoms with Gasteiger partial charge in [-0.3, -0.25) is 0 Å². The van der Waals surface area contributed by atoms with Crippen molar-refractivity contribution in [2.24, 2.45) is 0 Å². The zero-order chi connectivity index (χ0) is 7.56. The molecule has 0 spiro atoms. The lowest BCUT2D eigenvalue weighted by Gasteiger charge is -2.05. The Balaban J connectivity index is 2.76. The number of carbonyl (C=O) groups is 1. The van der Waals surface area contributed by atoms with Crippen LogP contribution in [0.25, 0.3) is 0 Å². The Morgan fingerprint density at radius 2 is 2.50 bits per heavy atom. The molecule has 0 saturated heterocycles. The SMILES string of the molecule is O=C(O)C1=CC(Cl)CC=C1. The summed E-state index contributed by atoms with van der Waals surface area (Å²) in [6.07, 6.45) is 5.60. The molecule has 1 aliphatic carbocycles. The van der Waals surface area contributed by atoms with Crippen LogP contribution in [0.1, 0.15) is 6.42 Å². The van der Waals surface area contributed by atoms with E-state index in [2.05, 4.69) is 0 Å². The van der Waals surface area contributed by atoms with Gasteiger partial charge in [0.1, 0.15) is 0 Å². The fourth-order valence-electron chi connectivity index (χ4n) is 0.786. The Morgan fingerprint density at radius 1 is 1.80 bits per heavy atom. The van der Waals surface area contributed by atoms with Gasteiger partial charge in [-0.1, -0.05) is 18.2 Å². The van der Waals surface area contributed by atoms with Crippen LogP contribution >= 0.6 is 11.6 Å². The molecule has 2 nitrogen and oxygen atoms in total. The highest BCUT2D eigenvalue weighted by Crippen LogP contribution is 2.14. The molecule has 0 amide bonds. The molecule has 1 atom stereocenters. The van der Waals surface area contributed by atoms with Crippen LogP contribution in [0, 0.1) is 0 Å². The van der Waals surface area contributed by atoms with Crippen LogP contribution in [0.4, 0.5) is 0 Å². The summed E-state index contributed by atoms with van der Waals surface area (Å²) in [5.74, 6) is -0.915. The van der Waals surface area contributed by atoms with Crippen molar-refractivity contribution in [1.29, 1.82) is 0 Å². The Kier molecular flexibility index (Phi) is 2.12. The fraction of sp³-hybridized carbons (Fsp3) is 0.286. The van der Waals surface area contributed by atoms with Gasteiger partial charge in [0, 0.05) is 0 Å². The van der Waals surface area contributed by atoms with Crippen molar-refractivity contribution in [3.63, 3.8) is 0 Å². The molecule has 1 unspecified atom stereocenters. The third kappa shape index (κ3) is 1.61. The van der Waals surface area contributed by atoms with Crippen molar-refractivity contribution in [2.75, 3.05) is 0 Å². The molecule has 0 aromatic carbocycles. The zero-order valence-corrected chi connectivity index (χ0v) is 6.01. The van der Waals surface area contributed by atoms with Gasteiger partial charge in [0.2, 0.25) is 0 Å². The highest BCUT2D eigenvalue weighted by molar-refractivity contribution is 6.22. The van der Waals surface area contributed by atoms with E-state index >= 15 is 0 Å². The number of carboxylic acid groups (broad SMARTS) is 1. The Hall–Kier alpha value is -0.760. The lowest BCUT2D eigenvalue weighted by Crippen LogP contribution is -2.05. The molecule has 3 heteroatoms. The summed E-state index contributed by atoms with van der Waals surface area (Å²) in [6, 6.07) is 0. The molecule has 0 radical (unpaired) electrons. The third-order valence-corrected chi connectivity index (χ3v) is 1.57. The first-order valence-corrected chi connectivity index (χ1v) is 3.39. The molecule has 10 heavy (non-hydrogen) atoms. The molecule has 1 aliphatic rings. The van der Waals surface area contributed by atoms with Crippen LogP contribution in [-0.2, 0) is 4.79 Å². The van der Waals surface area contributed by atoms with Crippen LogP contribution in [-0.4, -0.2) is 16.5 Å². The Bertz CT molecular complexity index is 206. The van der Waals surface area contributed by atoms with Crippen molar-refractivity contribution in [3.8, 4) is 0 Å². The van der Waals surface area contributed by atoms with Gasteiger partial charge < -0.3 is 5.11 Å². The van der Waals surface area contributed by atoms with E-state index in [1.165, 1.54) is 0 Å². The molecule has 0 aromatic heterocycles. The van der Waals surface area contributed by atoms with E-state index < -0.39 is 5.97 Å². The summed E-state index contributed by atoms with van der Waals surface area (Å²) in [5, 5.41) is 8.32. The van der Waals surface area contributed by atoms with E-state index in [1.54, 1.807) is 18.2 Å². The molecule has 0 fully saturated rings. The largest absolute Gasteiger partial charge is 0.478 e. The van der Waals surface area contributed by atoms with Gasteiger partial charge in [0.15, 0.2) is 0 Å². The maximum atomic E-state index is 10.3. The van der Waals surface area contributed by atoms with Crippen LogP contribution in [0.15, 0.2) is 23.8 Å². The third-order valence-electron chi connectivity index (χ3n) is 1.27. The Morgan fingerprint density at radius 3 is 2.90 bits per heavy atom. The van der Waals surface area contributed by atoms with E-state index in [-0.39, 0.29) is 11.0 Å². The number of hydrogen-bond donors (Lipinski definition) is 1. The van der Waals surface area contributed by atoms with E-state index in [0.717, 1.165) is 6.42 Å². The van der Waals surface area contributed by atoms with E-state index in [0.29, 0.717) is 0 Å². The monoisotopic (exact) mass is 158 g/mol. The molecule has 0 heterocycles. The highest BCUT2D eigenvalue weighted by atomic mass is 35.5. The first-order valence-electron chi connectivity index (χ1n) is 2.96. The average molecular weight is 159 g/mol. The highest BCUT2D eigenvalue weighted by Gasteiger charge is 2.10. The first-order chi connectivity index (χ1) is 4.70. The predicted molar refractivity (Wildman–Crippen MR) is 39.1 cm³/mol. The summed E-state index contributed by atoms with van der Waals surface area (Å²) in [4.78, 5) is 10.3. The molecular weight excluding hydrogens is 152 g/mol. The smallest absolute Gasteiger partial charge is 0.335 e. The lowest BCUT2D eigenvalue weighted by atomic mass is 10.1. The van der Waals surface area contributed by atoms with Gasteiger partial charge >= 0.3 is 5.97 Å². The second-order valence-electron chi connectivity index (χ2n) is 2.08. The molecule has 1 rings (SSSR count). The summed E-state index contributed by atoms with van der Waals surface area (Å²) < 4.78 is 0. The summed E-state index contributed by atoms with van der Waals surface area (Å²) in [7, 11) is 0. The van der Waals surface area contributed by atoms with Crippen LogP contribution in [0.5, 0.6) is 0 Å². The zero-order valence-electron chi connectivity index (χ0n) is 5.25. The fourth-order valence-corrected chi connectivity index (χ4v) is 1.02. The van der Waals surface area contributed by atoms with Crippen molar-refractivity contribution >= 4 is 17.6 Å². The Labute approximate surface area is 63.8 Å². The second-order valence-corrected chi connectivity index (χ2v) is 2.64. The van der Waals surface area contributed by atoms with Crippen molar-refractivity contribution in [1.82, 2.24) is 0 Å². The minimum absolute atomic E-state index is 0.156. The van der Waals surface area contributed by atoms with Crippen molar-refractivity contribution in [2.45, 2.75) is 11.8 Å². The number of alkyl halides is 1. The average Bonchev–Trinajstić information content (AvgIpc) is 1.88. The molecule has 0 bridgehead atoms. The van der Waals surface area contributed by atoms with E-state index in [4.69, 9.17) is 16.7 Å². The van der Waals surface area contributed by atoms with Gasteiger partial charge in [-0.15, -0.1) is 11.6 Å². The maximum Gasteiger partial charge on any atom is 0.335 e. The molecule has 54 valence electrons. The lowest BCUT2D eigenvalue weighted by molar-refractivity contribution is -0.132. The number of allylic oxidation sites excluding steroid dienone is 2. The van der Waals surface area contributed by atoms with E-state index in [9.17, 15) is 4.79 Å². The minimum atomic E-state index is -0.915. The minimum Gasteiger partial charge on any atom is -0.478 e. The quantitative estimate of drug-likeness (QED) is 0.588. The summed E-state index contributed by atoms with van der Waals surface area (Å²) in [5.41, 5.74) is 0.284. The number of rotatable bonds is 1. The van der Waals surface area contributed by atoms with Crippen LogP contribution in [0.3, 0.4) is 0 Å². The second kappa shape index (κ2) is 2.88. The molecule has 0 saturated carbocycles. The maximum absolute atomic E-state index is 10.3. The first kappa shape index (κ1) is 7.35. The predicted octanol–water partition coefficient (Wildman–Crippen LogP) is 1.56. The van der Waals surface area contributed by atoms with Gasteiger partial charge in [-0.05, 0) is 6.42 Å². The van der Waals surface area contributed by atoms with Crippen molar-refractivity contribution in [3.05, 3.63) is 23.8 Å². The summed E-state index contributed by atoms with van der Waals surface area (Å²) >= 11 is 5.66. The number of hydrogen-bond acceptors (Lipinski definition) is 1. The summed E-state index contributed by atoms with van der Waals surface area (Å²) in [6.45, 7) is 0. The van der Waals surface area contributed by atoms with Crippen molar-refractivity contribution < 1.29 is 9.90 Å². The normalized spacial score (nSPS) is 24.1.